The molecule has 0 aliphatic rings. The van der Waals surface area contributed by atoms with E-state index in [1.54, 1.807) is 36.0 Å². The molecule has 0 aliphatic carbocycles. The molecule has 2 aromatic heterocycles. The number of nitrogens with one attached hydrogen (secondary N) is 2. The molecular formula is C25H25N5O2. The summed E-state index contributed by atoms with van der Waals surface area (Å²) in [7, 11) is 1.61. The van der Waals surface area contributed by atoms with Crippen molar-refractivity contribution >= 4 is 17.5 Å². The van der Waals surface area contributed by atoms with Gasteiger partial charge in [0, 0.05) is 35.8 Å². The molecule has 2 aromatic carbocycles. The van der Waals surface area contributed by atoms with Crippen LogP contribution < -0.4 is 10.6 Å². The second-order valence-electron chi connectivity index (χ2n) is 7.97. The van der Waals surface area contributed by atoms with Gasteiger partial charge in [-0.15, -0.1) is 0 Å². The Labute approximate surface area is 186 Å². The Balaban J connectivity index is 1.67. The Morgan fingerprint density at radius 3 is 2.44 bits per heavy atom. The summed E-state index contributed by atoms with van der Waals surface area (Å²) < 4.78 is 1.77. The minimum atomic E-state index is -0.132. The fraction of sp³-hybridized carbons (Fsp3) is 0.200. The van der Waals surface area contributed by atoms with Gasteiger partial charge in [-0.25, -0.2) is 9.50 Å². The lowest BCUT2D eigenvalue weighted by Crippen LogP contribution is -2.27. The van der Waals surface area contributed by atoms with Crippen molar-refractivity contribution in [3.8, 4) is 22.5 Å². The average molecular weight is 428 g/mol. The van der Waals surface area contributed by atoms with Gasteiger partial charge in [0.1, 0.15) is 0 Å². The number of amides is 2. The fourth-order valence-corrected chi connectivity index (χ4v) is 3.38. The van der Waals surface area contributed by atoms with Gasteiger partial charge in [-0.3, -0.25) is 9.59 Å². The Morgan fingerprint density at radius 1 is 0.938 bits per heavy atom. The molecule has 7 heteroatoms. The monoisotopic (exact) mass is 427 g/mol. The van der Waals surface area contributed by atoms with Crippen molar-refractivity contribution in [2.45, 2.75) is 13.8 Å². The van der Waals surface area contributed by atoms with Crippen molar-refractivity contribution < 1.29 is 9.59 Å². The van der Waals surface area contributed by atoms with Gasteiger partial charge < -0.3 is 10.6 Å². The molecule has 0 aliphatic heterocycles. The first kappa shape index (κ1) is 21.2. The number of benzene rings is 2. The molecule has 162 valence electrons. The smallest absolute Gasteiger partial charge is 0.251 e. The van der Waals surface area contributed by atoms with Crippen LogP contribution in [0, 0.1) is 5.92 Å². The minimum Gasteiger partial charge on any atom is -0.355 e. The first-order chi connectivity index (χ1) is 15.5. The van der Waals surface area contributed by atoms with Gasteiger partial charge >= 0.3 is 0 Å². The Bertz CT molecular complexity index is 1280. The maximum atomic E-state index is 12.5. The molecule has 2 amide bonds. The van der Waals surface area contributed by atoms with Gasteiger partial charge in [-0.1, -0.05) is 38.1 Å². The number of carbonyl (C=O) groups excluding carboxylic acids is 2. The summed E-state index contributed by atoms with van der Waals surface area (Å²) in [5, 5.41) is 10.3. The summed E-state index contributed by atoms with van der Waals surface area (Å²) >= 11 is 0. The molecule has 2 heterocycles. The van der Waals surface area contributed by atoms with Gasteiger partial charge in [0.25, 0.3) is 11.8 Å². The van der Waals surface area contributed by atoms with Crippen molar-refractivity contribution in [3.63, 3.8) is 0 Å². The molecule has 7 nitrogen and oxygen atoms in total. The quantitative estimate of drug-likeness (QED) is 0.490. The SMILES string of the molecule is CNC(=O)c1ccc(-c2cnc3ccc(-c4cccc(C(=O)NCC(C)C)c4)nn23)cc1. The second kappa shape index (κ2) is 9.01. The summed E-state index contributed by atoms with van der Waals surface area (Å²) in [6.45, 7) is 4.75. The van der Waals surface area contributed by atoms with E-state index in [0.717, 1.165) is 22.5 Å². The van der Waals surface area contributed by atoms with Crippen molar-refractivity contribution in [3.05, 3.63) is 78.0 Å². The van der Waals surface area contributed by atoms with Crippen molar-refractivity contribution in [2.24, 2.45) is 5.92 Å². The number of hydrogen-bond donors (Lipinski definition) is 2. The number of hydrogen-bond acceptors (Lipinski definition) is 4. The standard InChI is InChI=1S/C25H25N5O2/c1-16(2)14-28-25(32)20-6-4-5-19(13-20)21-11-12-23-27-15-22(30(23)29-21)17-7-9-18(10-8-17)24(31)26-3/h4-13,15-16H,14H2,1-3H3,(H,26,31)(H,28,32). The summed E-state index contributed by atoms with van der Waals surface area (Å²) in [6.07, 6.45) is 1.76. The maximum Gasteiger partial charge on any atom is 0.251 e. The molecule has 0 atom stereocenters. The van der Waals surface area contributed by atoms with E-state index in [1.165, 1.54) is 0 Å². The summed E-state index contributed by atoms with van der Waals surface area (Å²) in [4.78, 5) is 28.7. The van der Waals surface area contributed by atoms with Crippen LogP contribution in [0.1, 0.15) is 34.6 Å². The van der Waals surface area contributed by atoms with E-state index in [4.69, 9.17) is 5.10 Å². The Hall–Kier alpha value is -4.00. The maximum absolute atomic E-state index is 12.5. The van der Waals surface area contributed by atoms with E-state index in [9.17, 15) is 9.59 Å². The normalized spacial score (nSPS) is 11.0. The summed E-state index contributed by atoms with van der Waals surface area (Å²) in [5.41, 5.74) is 5.20. The van der Waals surface area contributed by atoms with Crippen LogP contribution in [0.15, 0.2) is 66.9 Å². The number of nitrogens with zero attached hydrogens (tertiary/aromatic N) is 3. The van der Waals surface area contributed by atoms with Crippen LogP contribution in [0.4, 0.5) is 0 Å². The molecular weight excluding hydrogens is 402 g/mol. The molecule has 32 heavy (non-hydrogen) atoms. The van der Waals surface area contributed by atoms with Crippen LogP contribution in [0.2, 0.25) is 0 Å². The van der Waals surface area contributed by atoms with Crippen LogP contribution in [0.5, 0.6) is 0 Å². The number of aromatic nitrogens is 3. The van der Waals surface area contributed by atoms with Crippen LogP contribution in [-0.2, 0) is 0 Å². The first-order valence-electron chi connectivity index (χ1n) is 10.5. The Morgan fingerprint density at radius 2 is 1.72 bits per heavy atom. The molecule has 0 saturated carbocycles. The third-order valence-corrected chi connectivity index (χ3v) is 5.12. The first-order valence-corrected chi connectivity index (χ1v) is 10.5. The minimum absolute atomic E-state index is 0.0962. The highest BCUT2D eigenvalue weighted by atomic mass is 16.2. The highest BCUT2D eigenvalue weighted by molar-refractivity contribution is 5.95. The van der Waals surface area contributed by atoms with Crippen LogP contribution >= 0.6 is 0 Å². The van der Waals surface area contributed by atoms with Gasteiger partial charge in [-0.05, 0) is 42.3 Å². The highest BCUT2D eigenvalue weighted by Crippen LogP contribution is 2.24. The third-order valence-electron chi connectivity index (χ3n) is 5.12. The molecule has 0 spiro atoms. The molecule has 0 unspecified atom stereocenters. The Kier molecular flexibility index (Phi) is 5.98. The molecule has 2 N–H and O–H groups in total. The van der Waals surface area contributed by atoms with Gasteiger partial charge in [-0.2, -0.15) is 5.10 Å². The van der Waals surface area contributed by atoms with E-state index >= 15 is 0 Å². The molecule has 0 saturated heterocycles. The predicted molar refractivity (Wildman–Crippen MR) is 124 cm³/mol. The number of rotatable bonds is 6. The van der Waals surface area contributed by atoms with E-state index in [-0.39, 0.29) is 11.8 Å². The summed E-state index contributed by atoms with van der Waals surface area (Å²) in [6, 6.07) is 18.5. The number of carbonyl (C=O) groups is 2. The molecule has 0 fully saturated rings. The van der Waals surface area contributed by atoms with Gasteiger partial charge in [0.15, 0.2) is 5.65 Å². The fourth-order valence-electron chi connectivity index (χ4n) is 3.38. The van der Waals surface area contributed by atoms with Crippen LogP contribution in [-0.4, -0.2) is 40.0 Å². The summed E-state index contributed by atoms with van der Waals surface area (Å²) in [5.74, 6) is 0.157. The third kappa shape index (κ3) is 4.37. The molecule has 4 rings (SSSR count). The van der Waals surface area contributed by atoms with Gasteiger partial charge in [0.05, 0.1) is 17.6 Å². The topological polar surface area (TPSA) is 88.4 Å². The van der Waals surface area contributed by atoms with E-state index in [2.05, 4.69) is 29.5 Å². The average Bonchev–Trinajstić information content (AvgIpc) is 3.25. The van der Waals surface area contributed by atoms with E-state index in [0.29, 0.717) is 29.2 Å². The lowest BCUT2D eigenvalue weighted by Gasteiger charge is -2.09. The van der Waals surface area contributed by atoms with Crippen molar-refractivity contribution in [1.29, 1.82) is 0 Å². The van der Waals surface area contributed by atoms with Crippen molar-refractivity contribution in [1.82, 2.24) is 25.2 Å². The largest absolute Gasteiger partial charge is 0.355 e. The lowest BCUT2D eigenvalue weighted by molar-refractivity contribution is 0.0945. The predicted octanol–water partition coefficient (Wildman–Crippen LogP) is 3.81. The van der Waals surface area contributed by atoms with E-state index < -0.39 is 0 Å². The molecule has 0 radical (unpaired) electrons. The molecule has 4 aromatic rings. The molecule has 0 bridgehead atoms. The zero-order chi connectivity index (χ0) is 22.7. The lowest BCUT2D eigenvalue weighted by atomic mass is 10.1. The number of fused-ring (bicyclic) bond motifs is 1. The van der Waals surface area contributed by atoms with Gasteiger partial charge in [0.2, 0.25) is 0 Å². The zero-order valence-corrected chi connectivity index (χ0v) is 18.3. The van der Waals surface area contributed by atoms with Crippen LogP contribution in [0.3, 0.4) is 0 Å². The second-order valence-corrected chi connectivity index (χ2v) is 7.97. The number of imidazole rings is 1. The zero-order valence-electron chi connectivity index (χ0n) is 18.3. The highest BCUT2D eigenvalue weighted by Gasteiger charge is 2.12. The van der Waals surface area contributed by atoms with Crippen molar-refractivity contribution in [2.75, 3.05) is 13.6 Å². The van der Waals surface area contributed by atoms with E-state index in [1.807, 2.05) is 42.5 Å². The van der Waals surface area contributed by atoms with Crippen LogP contribution in [0.25, 0.3) is 28.2 Å².